The molecule has 12 heteroatoms. The van der Waals surface area contributed by atoms with E-state index in [-0.39, 0.29) is 21.3 Å². The second kappa shape index (κ2) is 7.31. The number of aromatic amines is 1. The SMILES string of the molecule is O=c1[nH]c2cc(-c3ccccc3Cl)sc2c(=O)n1-c1cncc2cnn(CC(F)(F)F)c12. The lowest BCUT2D eigenvalue weighted by atomic mass is 10.2. The molecule has 0 unspecified atom stereocenters. The van der Waals surface area contributed by atoms with Gasteiger partial charge in [0.05, 0.1) is 29.1 Å². The molecule has 0 saturated carbocycles. The van der Waals surface area contributed by atoms with Gasteiger partial charge in [0.2, 0.25) is 0 Å². The van der Waals surface area contributed by atoms with Crippen LogP contribution in [0.5, 0.6) is 0 Å². The van der Waals surface area contributed by atoms with Crippen molar-refractivity contribution in [1.29, 1.82) is 0 Å². The Morgan fingerprint density at radius 2 is 1.91 bits per heavy atom. The van der Waals surface area contributed by atoms with Crippen molar-refractivity contribution in [3.63, 3.8) is 0 Å². The number of thiophene rings is 1. The number of nitrogens with zero attached hydrogens (tertiary/aromatic N) is 4. The largest absolute Gasteiger partial charge is 0.408 e. The molecule has 0 aliphatic rings. The number of nitrogens with one attached hydrogen (secondary N) is 1. The van der Waals surface area contributed by atoms with Gasteiger partial charge in [-0.05, 0) is 12.1 Å². The Balaban J connectivity index is 1.76. The number of halogens is 4. The average molecular weight is 478 g/mol. The van der Waals surface area contributed by atoms with Crippen LogP contribution < -0.4 is 11.2 Å². The van der Waals surface area contributed by atoms with Gasteiger partial charge in [-0.2, -0.15) is 18.3 Å². The van der Waals surface area contributed by atoms with Gasteiger partial charge in [-0.15, -0.1) is 11.3 Å². The molecule has 1 aromatic carbocycles. The standard InChI is InChI=1S/C20H11ClF3N5O2S/c21-12-4-2-1-3-11(12)15-5-13-17(32-15)18(30)29(19(31)27-13)14-8-25-6-10-7-26-28(16(10)14)9-20(22,23)24/h1-8H,9H2,(H,27,31). The fraction of sp³-hybridized carbons (Fsp3) is 0.100. The highest BCUT2D eigenvalue weighted by atomic mass is 35.5. The molecule has 0 aliphatic carbocycles. The van der Waals surface area contributed by atoms with Gasteiger partial charge in [-0.3, -0.25) is 14.5 Å². The normalized spacial score (nSPS) is 12.1. The van der Waals surface area contributed by atoms with Crippen LogP contribution in [0, 0.1) is 0 Å². The Labute approximate surface area is 185 Å². The quantitative estimate of drug-likeness (QED) is 0.418. The summed E-state index contributed by atoms with van der Waals surface area (Å²) in [5.74, 6) is 0. The third-order valence-electron chi connectivity index (χ3n) is 4.80. The molecule has 0 aliphatic heterocycles. The van der Waals surface area contributed by atoms with E-state index >= 15 is 0 Å². The molecule has 0 fully saturated rings. The number of aromatic nitrogens is 5. The average Bonchev–Trinajstić information content (AvgIpc) is 3.32. The number of fused-ring (bicyclic) bond motifs is 2. The van der Waals surface area contributed by atoms with Crippen molar-refractivity contribution in [3.05, 3.63) is 74.8 Å². The predicted octanol–water partition coefficient (Wildman–Crippen LogP) is 4.37. The van der Waals surface area contributed by atoms with Crippen molar-refractivity contribution in [3.8, 4) is 16.1 Å². The zero-order valence-corrected chi connectivity index (χ0v) is 17.4. The van der Waals surface area contributed by atoms with Crippen LogP contribution in [0.15, 0.2) is 58.5 Å². The van der Waals surface area contributed by atoms with Gasteiger partial charge >= 0.3 is 11.9 Å². The number of alkyl halides is 3. The molecular weight excluding hydrogens is 467 g/mol. The Hall–Kier alpha value is -3.44. The monoisotopic (exact) mass is 477 g/mol. The number of hydrogen-bond acceptors (Lipinski definition) is 5. The summed E-state index contributed by atoms with van der Waals surface area (Å²) >= 11 is 7.37. The van der Waals surface area contributed by atoms with Crippen LogP contribution in [-0.4, -0.2) is 30.5 Å². The summed E-state index contributed by atoms with van der Waals surface area (Å²) in [6.07, 6.45) is -0.854. The van der Waals surface area contributed by atoms with Crippen LogP contribution in [0.3, 0.4) is 0 Å². The first kappa shape index (κ1) is 20.5. The lowest BCUT2D eigenvalue weighted by Crippen LogP contribution is -2.33. The van der Waals surface area contributed by atoms with E-state index in [1.807, 2.05) is 0 Å². The minimum Gasteiger partial charge on any atom is -0.306 e. The van der Waals surface area contributed by atoms with E-state index in [4.69, 9.17) is 11.6 Å². The second-order valence-electron chi connectivity index (χ2n) is 6.92. The molecule has 4 heterocycles. The molecular formula is C20H11ClF3N5O2S. The highest BCUT2D eigenvalue weighted by Gasteiger charge is 2.30. The van der Waals surface area contributed by atoms with Crippen LogP contribution in [0.1, 0.15) is 0 Å². The smallest absolute Gasteiger partial charge is 0.306 e. The third-order valence-corrected chi connectivity index (χ3v) is 6.29. The Morgan fingerprint density at radius 1 is 1.12 bits per heavy atom. The summed E-state index contributed by atoms with van der Waals surface area (Å²) in [6, 6.07) is 8.69. The molecule has 7 nitrogen and oxygen atoms in total. The fourth-order valence-electron chi connectivity index (χ4n) is 3.50. The molecule has 0 amide bonds. The van der Waals surface area contributed by atoms with Crippen molar-refractivity contribution in [1.82, 2.24) is 24.3 Å². The third kappa shape index (κ3) is 3.39. The zero-order valence-electron chi connectivity index (χ0n) is 15.9. The van der Waals surface area contributed by atoms with Crippen LogP contribution in [0.25, 0.3) is 37.2 Å². The first-order valence-corrected chi connectivity index (χ1v) is 10.3. The maximum Gasteiger partial charge on any atom is 0.408 e. The van der Waals surface area contributed by atoms with Gasteiger partial charge in [0.1, 0.15) is 11.2 Å². The number of pyridine rings is 1. The Morgan fingerprint density at radius 3 is 2.66 bits per heavy atom. The van der Waals surface area contributed by atoms with Gasteiger partial charge in [-0.1, -0.05) is 29.8 Å². The molecule has 5 rings (SSSR count). The summed E-state index contributed by atoms with van der Waals surface area (Å²) in [6.45, 7) is -1.38. The van der Waals surface area contributed by atoms with Gasteiger partial charge < -0.3 is 4.98 Å². The minimum absolute atomic E-state index is 0.0211. The van der Waals surface area contributed by atoms with Crippen molar-refractivity contribution < 1.29 is 13.2 Å². The van der Waals surface area contributed by atoms with Gasteiger partial charge in [0, 0.05) is 27.0 Å². The molecule has 0 atom stereocenters. The summed E-state index contributed by atoms with van der Waals surface area (Å²) in [5.41, 5.74) is -0.604. The Kier molecular flexibility index (Phi) is 4.68. The topological polar surface area (TPSA) is 85.6 Å². The molecule has 32 heavy (non-hydrogen) atoms. The molecule has 1 N–H and O–H groups in total. The fourth-order valence-corrected chi connectivity index (χ4v) is 4.87. The van der Waals surface area contributed by atoms with Crippen molar-refractivity contribution in [2.45, 2.75) is 12.7 Å². The summed E-state index contributed by atoms with van der Waals surface area (Å²) in [5, 5.41) is 4.50. The van der Waals surface area contributed by atoms with E-state index in [1.165, 1.54) is 18.6 Å². The van der Waals surface area contributed by atoms with Gasteiger partial charge in [0.15, 0.2) is 0 Å². The van der Waals surface area contributed by atoms with E-state index in [1.54, 1.807) is 30.3 Å². The van der Waals surface area contributed by atoms with Crippen LogP contribution in [-0.2, 0) is 6.54 Å². The number of H-pyrrole nitrogens is 1. The summed E-state index contributed by atoms with van der Waals surface area (Å²) in [4.78, 5) is 33.4. The maximum absolute atomic E-state index is 13.3. The predicted molar refractivity (Wildman–Crippen MR) is 116 cm³/mol. The first-order chi connectivity index (χ1) is 15.2. The van der Waals surface area contributed by atoms with Gasteiger partial charge in [-0.25, -0.2) is 9.36 Å². The van der Waals surface area contributed by atoms with E-state index in [2.05, 4.69) is 15.1 Å². The van der Waals surface area contributed by atoms with E-state index in [0.29, 0.717) is 25.7 Å². The maximum atomic E-state index is 13.3. The summed E-state index contributed by atoms with van der Waals surface area (Å²) in [7, 11) is 0. The van der Waals surface area contributed by atoms with Crippen molar-refractivity contribution >= 4 is 44.1 Å². The van der Waals surface area contributed by atoms with Crippen molar-refractivity contribution in [2.75, 3.05) is 0 Å². The molecule has 4 aromatic heterocycles. The molecule has 0 radical (unpaired) electrons. The second-order valence-corrected chi connectivity index (χ2v) is 8.38. The molecule has 0 saturated heterocycles. The zero-order chi connectivity index (χ0) is 22.6. The molecule has 0 bridgehead atoms. The van der Waals surface area contributed by atoms with Crippen LogP contribution in [0.4, 0.5) is 13.2 Å². The molecule has 0 spiro atoms. The lowest BCUT2D eigenvalue weighted by molar-refractivity contribution is -0.141. The first-order valence-electron chi connectivity index (χ1n) is 9.13. The Bertz CT molecular complexity index is 1620. The van der Waals surface area contributed by atoms with Crippen molar-refractivity contribution in [2.24, 2.45) is 0 Å². The molecule has 5 aromatic rings. The number of rotatable bonds is 3. The minimum atomic E-state index is -4.54. The van der Waals surface area contributed by atoms with E-state index in [0.717, 1.165) is 15.9 Å². The lowest BCUT2D eigenvalue weighted by Gasteiger charge is -2.11. The van der Waals surface area contributed by atoms with E-state index < -0.39 is 24.0 Å². The summed E-state index contributed by atoms with van der Waals surface area (Å²) < 4.78 is 40.8. The number of benzene rings is 1. The molecule has 162 valence electrons. The van der Waals surface area contributed by atoms with Crippen LogP contribution >= 0.6 is 22.9 Å². The van der Waals surface area contributed by atoms with Crippen LogP contribution in [0.2, 0.25) is 5.02 Å². The highest BCUT2D eigenvalue weighted by Crippen LogP contribution is 2.35. The highest BCUT2D eigenvalue weighted by molar-refractivity contribution is 7.22. The van der Waals surface area contributed by atoms with E-state index in [9.17, 15) is 22.8 Å². The van der Waals surface area contributed by atoms with Gasteiger partial charge in [0.25, 0.3) is 5.56 Å². The number of hydrogen-bond donors (Lipinski definition) is 1.